The zero-order valence-electron chi connectivity index (χ0n) is 10.1. The lowest BCUT2D eigenvalue weighted by molar-refractivity contribution is 0.335. The minimum atomic E-state index is 0.667. The third-order valence-corrected chi connectivity index (χ3v) is 4.34. The second-order valence-electron chi connectivity index (χ2n) is 5.38. The van der Waals surface area contributed by atoms with E-state index in [2.05, 4.69) is 11.5 Å². The summed E-state index contributed by atoms with van der Waals surface area (Å²) in [7, 11) is 0. The Kier molecular flexibility index (Phi) is 2.51. The van der Waals surface area contributed by atoms with Gasteiger partial charge in [-0.25, -0.2) is 4.98 Å². The third-order valence-electron chi connectivity index (χ3n) is 4.34. The molecule has 1 atom stereocenters. The number of nitrogens with two attached hydrogens (primary N) is 1. The Balaban J connectivity index is 1.94. The molecule has 2 aliphatic rings. The third kappa shape index (κ3) is 1.49. The van der Waals surface area contributed by atoms with Gasteiger partial charge in [0, 0.05) is 18.2 Å². The molecule has 0 amide bonds. The fraction of sp³-hybridized carbons (Fsp3) is 0.769. The number of imidazole rings is 1. The molecule has 1 saturated carbocycles. The largest absolute Gasteiger partial charge is 0.331 e. The minimum Gasteiger partial charge on any atom is -0.331 e. The van der Waals surface area contributed by atoms with E-state index in [9.17, 15) is 0 Å². The molecular weight excluding hydrogens is 198 g/mol. The molecule has 0 bridgehead atoms. The van der Waals surface area contributed by atoms with E-state index in [1.54, 1.807) is 0 Å². The van der Waals surface area contributed by atoms with E-state index >= 15 is 0 Å². The van der Waals surface area contributed by atoms with Crippen molar-refractivity contribution in [1.29, 1.82) is 0 Å². The van der Waals surface area contributed by atoms with Crippen LogP contribution in [0.2, 0.25) is 0 Å². The normalized spacial score (nSPS) is 25.2. The van der Waals surface area contributed by atoms with E-state index in [1.165, 1.54) is 49.3 Å². The molecule has 2 heterocycles. The highest BCUT2D eigenvalue weighted by Gasteiger charge is 2.29. The quantitative estimate of drug-likeness (QED) is 0.826. The molecule has 1 aromatic rings. The molecule has 0 saturated heterocycles. The van der Waals surface area contributed by atoms with Gasteiger partial charge in [-0.05, 0) is 45.1 Å². The molecule has 0 radical (unpaired) electrons. The highest BCUT2D eigenvalue weighted by molar-refractivity contribution is 5.21. The van der Waals surface area contributed by atoms with Crippen molar-refractivity contribution in [3.63, 3.8) is 0 Å². The molecule has 3 rings (SSSR count). The lowest BCUT2D eigenvalue weighted by Crippen LogP contribution is -2.28. The number of aromatic nitrogens is 2. The van der Waals surface area contributed by atoms with Crippen LogP contribution in [0.1, 0.15) is 48.8 Å². The summed E-state index contributed by atoms with van der Waals surface area (Å²) in [6.45, 7) is 4.09. The standard InChI is InChI=1S/C13H21N3/c1-9-12-6-5-10(7-14)8-16(12)13(15-9)11-3-2-4-11/h10-11H,2-8,14H2,1H3. The molecule has 2 N–H and O–H groups in total. The van der Waals surface area contributed by atoms with Crippen molar-refractivity contribution in [3.8, 4) is 0 Å². The SMILES string of the molecule is Cc1nc(C2CCC2)n2c1CCC(CN)C2. The lowest BCUT2D eigenvalue weighted by atomic mass is 9.84. The topological polar surface area (TPSA) is 43.8 Å². The average Bonchev–Trinajstić information content (AvgIpc) is 2.54. The first-order chi connectivity index (χ1) is 7.79. The van der Waals surface area contributed by atoms with Crippen LogP contribution in [0, 0.1) is 12.8 Å². The summed E-state index contributed by atoms with van der Waals surface area (Å²) in [5, 5.41) is 0. The second-order valence-corrected chi connectivity index (χ2v) is 5.38. The molecule has 3 heteroatoms. The molecule has 1 fully saturated rings. The molecule has 0 aromatic carbocycles. The summed E-state index contributed by atoms with van der Waals surface area (Å²) >= 11 is 0. The zero-order valence-corrected chi connectivity index (χ0v) is 10.1. The van der Waals surface area contributed by atoms with Gasteiger partial charge in [0.05, 0.1) is 5.69 Å². The summed E-state index contributed by atoms with van der Waals surface area (Å²) in [5.74, 6) is 2.76. The van der Waals surface area contributed by atoms with Crippen LogP contribution in [0.5, 0.6) is 0 Å². The van der Waals surface area contributed by atoms with Crippen molar-refractivity contribution in [2.45, 2.75) is 51.5 Å². The van der Waals surface area contributed by atoms with Crippen molar-refractivity contribution in [2.75, 3.05) is 6.54 Å². The predicted molar refractivity (Wildman–Crippen MR) is 64.4 cm³/mol. The number of hydrogen-bond donors (Lipinski definition) is 1. The van der Waals surface area contributed by atoms with E-state index in [-0.39, 0.29) is 0 Å². The Morgan fingerprint density at radius 1 is 1.38 bits per heavy atom. The van der Waals surface area contributed by atoms with E-state index in [0.29, 0.717) is 5.92 Å². The lowest BCUT2D eigenvalue weighted by Gasteiger charge is -2.30. The van der Waals surface area contributed by atoms with E-state index in [0.717, 1.165) is 19.0 Å². The summed E-state index contributed by atoms with van der Waals surface area (Å²) in [5.41, 5.74) is 8.55. The van der Waals surface area contributed by atoms with Gasteiger partial charge in [-0.1, -0.05) is 6.42 Å². The second kappa shape index (κ2) is 3.88. The van der Waals surface area contributed by atoms with Gasteiger partial charge >= 0.3 is 0 Å². The molecule has 88 valence electrons. The number of fused-ring (bicyclic) bond motifs is 1. The number of rotatable bonds is 2. The highest BCUT2D eigenvalue weighted by atomic mass is 15.1. The maximum absolute atomic E-state index is 5.81. The molecule has 0 spiro atoms. The zero-order chi connectivity index (χ0) is 11.1. The van der Waals surface area contributed by atoms with E-state index < -0.39 is 0 Å². The Morgan fingerprint density at radius 3 is 2.81 bits per heavy atom. The van der Waals surface area contributed by atoms with Crippen LogP contribution >= 0.6 is 0 Å². The molecule has 1 aliphatic carbocycles. The van der Waals surface area contributed by atoms with Crippen LogP contribution in [0.4, 0.5) is 0 Å². The first-order valence-corrected chi connectivity index (χ1v) is 6.55. The van der Waals surface area contributed by atoms with Crippen LogP contribution in [-0.2, 0) is 13.0 Å². The monoisotopic (exact) mass is 219 g/mol. The first kappa shape index (κ1) is 10.3. The van der Waals surface area contributed by atoms with Crippen molar-refractivity contribution < 1.29 is 0 Å². The maximum atomic E-state index is 5.81. The first-order valence-electron chi connectivity index (χ1n) is 6.55. The van der Waals surface area contributed by atoms with Gasteiger partial charge < -0.3 is 10.3 Å². The van der Waals surface area contributed by atoms with Crippen LogP contribution < -0.4 is 5.73 Å². The van der Waals surface area contributed by atoms with Crippen molar-refractivity contribution in [1.82, 2.24) is 9.55 Å². The minimum absolute atomic E-state index is 0.667. The van der Waals surface area contributed by atoms with Crippen molar-refractivity contribution in [2.24, 2.45) is 11.7 Å². The summed E-state index contributed by atoms with van der Waals surface area (Å²) in [4.78, 5) is 4.81. The van der Waals surface area contributed by atoms with Gasteiger partial charge in [-0.2, -0.15) is 0 Å². The average molecular weight is 219 g/mol. The van der Waals surface area contributed by atoms with E-state index in [4.69, 9.17) is 10.7 Å². The van der Waals surface area contributed by atoms with Gasteiger partial charge in [0.1, 0.15) is 5.82 Å². The Labute approximate surface area is 97.0 Å². The van der Waals surface area contributed by atoms with Gasteiger partial charge in [0.15, 0.2) is 0 Å². The molecule has 1 unspecified atom stereocenters. The van der Waals surface area contributed by atoms with Crippen LogP contribution in [0.3, 0.4) is 0 Å². The number of nitrogens with zero attached hydrogens (tertiary/aromatic N) is 2. The van der Waals surface area contributed by atoms with Crippen LogP contribution in [0.15, 0.2) is 0 Å². The van der Waals surface area contributed by atoms with Crippen LogP contribution in [-0.4, -0.2) is 16.1 Å². The Bertz CT molecular complexity index is 390. The van der Waals surface area contributed by atoms with Gasteiger partial charge in [0.25, 0.3) is 0 Å². The summed E-state index contributed by atoms with van der Waals surface area (Å²) < 4.78 is 2.49. The Morgan fingerprint density at radius 2 is 2.19 bits per heavy atom. The van der Waals surface area contributed by atoms with Crippen LogP contribution in [0.25, 0.3) is 0 Å². The highest BCUT2D eigenvalue weighted by Crippen LogP contribution is 2.38. The maximum Gasteiger partial charge on any atom is 0.112 e. The molecule has 3 nitrogen and oxygen atoms in total. The number of hydrogen-bond acceptors (Lipinski definition) is 2. The van der Waals surface area contributed by atoms with Crippen molar-refractivity contribution >= 4 is 0 Å². The fourth-order valence-electron chi connectivity index (χ4n) is 3.01. The van der Waals surface area contributed by atoms with Gasteiger partial charge in [0.2, 0.25) is 0 Å². The fourth-order valence-corrected chi connectivity index (χ4v) is 3.01. The Hall–Kier alpha value is -0.830. The molecule has 1 aliphatic heterocycles. The summed E-state index contributed by atoms with van der Waals surface area (Å²) in [6, 6.07) is 0. The molecule has 1 aromatic heterocycles. The van der Waals surface area contributed by atoms with E-state index in [1.807, 2.05) is 0 Å². The molecular formula is C13H21N3. The number of aryl methyl sites for hydroxylation is 1. The van der Waals surface area contributed by atoms with Gasteiger partial charge in [-0.15, -0.1) is 0 Å². The van der Waals surface area contributed by atoms with Gasteiger partial charge in [-0.3, -0.25) is 0 Å². The van der Waals surface area contributed by atoms with Crippen molar-refractivity contribution in [3.05, 3.63) is 17.2 Å². The summed E-state index contributed by atoms with van der Waals surface area (Å²) in [6.07, 6.45) is 6.47. The smallest absolute Gasteiger partial charge is 0.112 e. The predicted octanol–water partition coefficient (Wildman–Crippen LogP) is 1.98. The molecule has 16 heavy (non-hydrogen) atoms.